The normalized spacial score (nSPS) is 46.5. The lowest BCUT2D eigenvalue weighted by molar-refractivity contribution is -0.152. The van der Waals surface area contributed by atoms with Crippen LogP contribution in [0.5, 0.6) is 0 Å². The molecule has 162 valence electrons. The number of carboxylic acids is 1. The van der Waals surface area contributed by atoms with Gasteiger partial charge in [0.05, 0.1) is 5.60 Å². The Morgan fingerprint density at radius 1 is 1.17 bits per heavy atom. The van der Waals surface area contributed by atoms with E-state index in [1.165, 1.54) is 12.0 Å². The zero-order valence-electron chi connectivity index (χ0n) is 18.4. The van der Waals surface area contributed by atoms with Crippen molar-refractivity contribution in [2.24, 2.45) is 34.5 Å². The van der Waals surface area contributed by atoms with Crippen LogP contribution in [0.4, 0.5) is 0 Å². The van der Waals surface area contributed by atoms with Gasteiger partial charge in [-0.1, -0.05) is 39.2 Å². The summed E-state index contributed by atoms with van der Waals surface area (Å²) in [5.41, 5.74) is 0.497. The molecule has 0 aromatic carbocycles. The number of carboxylic acid groups (broad SMARTS) is 1. The van der Waals surface area contributed by atoms with Gasteiger partial charge in [0.1, 0.15) is 0 Å². The second-order valence-electron chi connectivity index (χ2n) is 11.0. The van der Waals surface area contributed by atoms with Crippen LogP contribution >= 0.6 is 0 Å². The predicted octanol–water partition coefficient (Wildman–Crippen LogP) is 5.14. The Bertz CT molecular complexity index is 726. The van der Waals surface area contributed by atoms with Crippen LogP contribution < -0.4 is 0 Å². The Hall–Kier alpha value is -1.16. The first-order valence-electron chi connectivity index (χ1n) is 11.8. The summed E-state index contributed by atoms with van der Waals surface area (Å²) in [6.45, 7) is 6.91. The van der Waals surface area contributed by atoms with Crippen molar-refractivity contribution in [1.29, 1.82) is 0 Å². The smallest absolute Gasteiger partial charge is 0.303 e. The van der Waals surface area contributed by atoms with E-state index >= 15 is 0 Å². The average Bonchev–Trinajstić information content (AvgIpc) is 2.93. The Morgan fingerprint density at radius 2 is 1.90 bits per heavy atom. The molecule has 2 N–H and O–H groups in total. The summed E-state index contributed by atoms with van der Waals surface area (Å²) in [5, 5.41) is 20.8. The highest BCUT2D eigenvalue weighted by molar-refractivity contribution is 5.91. The number of hydrogen-bond acceptors (Lipinski definition) is 3. The van der Waals surface area contributed by atoms with Crippen LogP contribution in [0.15, 0.2) is 11.6 Å². The molecule has 3 saturated carbocycles. The Balaban J connectivity index is 1.69. The molecule has 0 aromatic heterocycles. The van der Waals surface area contributed by atoms with Crippen molar-refractivity contribution >= 4 is 11.8 Å². The minimum atomic E-state index is -0.850. The Kier molecular flexibility index (Phi) is 5.25. The van der Waals surface area contributed by atoms with Crippen molar-refractivity contribution in [3.63, 3.8) is 0 Å². The number of aliphatic carboxylic acids is 1. The minimum Gasteiger partial charge on any atom is -0.481 e. The summed E-state index contributed by atoms with van der Waals surface area (Å²) in [6.07, 6.45) is 11.3. The van der Waals surface area contributed by atoms with Crippen molar-refractivity contribution in [2.45, 2.75) is 97.0 Å². The molecule has 0 heterocycles. The first kappa shape index (κ1) is 21.1. The van der Waals surface area contributed by atoms with E-state index in [-0.39, 0.29) is 17.3 Å². The van der Waals surface area contributed by atoms with E-state index in [1.807, 2.05) is 6.08 Å². The first-order valence-corrected chi connectivity index (χ1v) is 11.8. The highest BCUT2D eigenvalue weighted by Crippen LogP contribution is 2.69. The molecule has 4 rings (SSSR count). The van der Waals surface area contributed by atoms with Gasteiger partial charge < -0.3 is 10.2 Å². The van der Waals surface area contributed by atoms with Gasteiger partial charge in [0, 0.05) is 12.8 Å². The molecule has 0 radical (unpaired) electrons. The first-order chi connectivity index (χ1) is 13.6. The second-order valence-corrected chi connectivity index (χ2v) is 11.0. The van der Waals surface area contributed by atoms with E-state index in [9.17, 15) is 19.8 Å². The van der Waals surface area contributed by atoms with Gasteiger partial charge in [-0.3, -0.25) is 9.59 Å². The maximum absolute atomic E-state index is 12.2. The van der Waals surface area contributed by atoms with Gasteiger partial charge in [-0.25, -0.2) is 0 Å². The van der Waals surface area contributed by atoms with Crippen LogP contribution in [0.3, 0.4) is 0 Å². The largest absolute Gasteiger partial charge is 0.481 e. The fourth-order valence-corrected chi connectivity index (χ4v) is 8.21. The van der Waals surface area contributed by atoms with Gasteiger partial charge in [0.2, 0.25) is 0 Å². The third-order valence-electron chi connectivity index (χ3n) is 9.87. The number of ketones is 1. The molecule has 0 aliphatic heterocycles. The summed E-state index contributed by atoms with van der Waals surface area (Å²) < 4.78 is 0. The number of hydrogen-bond donors (Lipinski definition) is 2. The predicted molar refractivity (Wildman–Crippen MR) is 112 cm³/mol. The summed E-state index contributed by atoms with van der Waals surface area (Å²) in [6, 6.07) is 0. The number of carbonyl (C=O) groups excluding carboxylic acids is 1. The lowest BCUT2D eigenvalue weighted by Gasteiger charge is -2.61. The third kappa shape index (κ3) is 3.12. The molecule has 7 atom stereocenters. The van der Waals surface area contributed by atoms with E-state index in [0.29, 0.717) is 42.3 Å². The van der Waals surface area contributed by atoms with Crippen LogP contribution in [0, 0.1) is 34.5 Å². The van der Waals surface area contributed by atoms with Crippen LogP contribution in [0.1, 0.15) is 91.4 Å². The Labute approximate surface area is 175 Å². The standard InChI is InChI=1S/C25H38O4/c1-4-5-16-14-17-15-18(26)6-10-23(17,2)19-7-11-24(3)20(22(16)19)8-12-25(24,29)13-9-21(27)28/h15-16,19-20,22,29H,4-14H2,1-3H3,(H,27,28)/t16?,19?,20?,22?,23-,24-,25+/m0/s1. The SMILES string of the molecule is CCCC1CC2=CC(=O)CC[C@]2(C)C2CC[C@@]3(C)C(CC[C@@]3(O)CCC(=O)O)C12. The van der Waals surface area contributed by atoms with Gasteiger partial charge in [0.15, 0.2) is 5.78 Å². The summed E-state index contributed by atoms with van der Waals surface area (Å²) in [4.78, 5) is 23.4. The molecule has 3 fully saturated rings. The van der Waals surface area contributed by atoms with Gasteiger partial charge in [-0.2, -0.15) is 0 Å². The molecule has 0 spiro atoms. The highest BCUT2D eigenvalue weighted by atomic mass is 16.4. The monoisotopic (exact) mass is 402 g/mol. The van der Waals surface area contributed by atoms with E-state index in [0.717, 1.165) is 44.9 Å². The number of rotatable bonds is 5. The van der Waals surface area contributed by atoms with E-state index in [2.05, 4.69) is 20.8 Å². The van der Waals surface area contributed by atoms with Crippen molar-refractivity contribution in [1.82, 2.24) is 0 Å². The number of fused-ring (bicyclic) bond motifs is 5. The second kappa shape index (κ2) is 7.21. The lowest BCUT2D eigenvalue weighted by Crippen LogP contribution is -2.57. The number of carbonyl (C=O) groups is 2. The molecule has 4 unspecified atom stereocenters. The van der Waals surface area contributed by atoms with Gasteiger partial charge in [-0.15, -0.1) is 0 Å². The van der Waals surface area contributed by atoms with Crippen molar-refractivity contribution in [3.8, 4) is 0 Å². The van der Waals surface area contributed by atoms with E-state index in [1.54, 1.807) is 0 Å². The van der Waals surface area contributed by atoms with Gasteiger partial charge >= 0.3 is 5.97 Å². The molecule has 4 aliphatic carbocycles. The molecule has 29 heavy (non-hydrogen) atoms. The fourth-order valence-electron chi connectivity index (χ4n) is 8.21. The van der Waals surface area contributed by atoms with Crippen LogP contribution in [-0.2, 0) is 9.59 Å². The van der Waals surface area contributed by atoms with Crippen molar-refractivity contribution in [2.75, 3.05) is 0 Å². The molecule has 4 heteroatoms. The Morgan fingerprint density at radius 3 is 2.59 bits per heavy atom. The van der Waals surface area contributed by atoms with E-state index in [4.69, 9.17) is 0 Å². The van der Waals surface area contributed by atoms with Crippen LogP contribution in [0.25, 0.3) is 0 Å². The number of allylic oxidation sites excluding steroid dienone is 1. The van der Waals surface area contributed by atoms with Gasteiger partial charge in [-0.05, 0) is 85.5 Å². The van der Waals surface area contributed by atoms with E-state index < -0.39 is 11.6 Å². The van der Waals surface area contributed by atoms with Crippen molar-refractivity contribution < 1.29 is 19.8 Å². The molecule has 0 saturated heterocycles. The molecule has 0 bridgehead atoms. The molecular formula is C25H38O4. The lowest BCUT2D eigenvalue weighted by atomic mass is 9.43. The fraction of sp³-hybridized carbons (Fsp3) is 0.840. The molecule has 0 aromatic rings. The molecular weight excluding hydrogens is 364 g/mol. The van der Waals surface area contributed by atoms with Crippen molar-refractivity contribution in [3.05, 3.63) is 11.6 Å². The number of aliphatic hydroxyl groups is 1. The molecule has 4 nitrogen and oxygen atoms in total. The molecule has 4 aliphatic rings. The average molecular weight is 403 g/mol. The summed E-state index contributed by atoms with van der Waals surface area (Å²) in [7, 11) is 0. The summed E-state index contributed by atoms with van der Waals surface area (Å²) in [5.74, 6) is 1.72. The topological polar surface area (TPSA) is 74.6 Å². The molecule has 0 amide bonds. The quantitative estimate of drug-likeness (QED) is 0.668. The third-order valence-corrected chi connectivity index (χ3v) is 9.87. The minimum absolute atomic E-state index is 0.0536. The highest BCUT2D eigenvalue weighted by Gasteiger charge is 2.65. The summed E-state index contributed by atoms with van der Waals surface area (Å²) >= 11 is 0. The maximum Gasteiger partial charge on any atom is 0.303 e. The van der Waals surface area contributed by atoms with Gasteiger partial charge in [0.25, 0.3) is 0 Å². The zero-order valence-corrected chi connectivity index (χ0v) is 18.4. The zero-order chi connectivity index (χ0) is 21.0. The van der Waals surface area contributed by atoms with Crippen LogP contribution in [-0.4, -0.2) is 27.6 Å². The maximum atomic E-state index is 12.2. The van der Waals surface area contributed by atoms with Crippen LogP contribution in [0.2, 0.25) is 0 Å².